The molecule has 25 heavy (non-hydrogen) atoms. The molecule has 6 heteroatoms. The Labute approximate surface area is 147 Å². The van der Waals surface area contributed by atoms with Crippen molar-refractivity contribution in [2.24, 2.45) is 7.05 Å². The zero-order chi connectivity index (χ0) is 17.8. The number of amides is 1. The molecular formula is C19H23N3O3. The van der Waals surface area contributed by atoms with Gasteiger partial charge in [-0.25, -0.2) is 0 Å². The van der Waals surface area contributed by atoms with Gasteiger partial charge in [0.05, 0.1) is 0 Å². The summed E-state index contributed by atoms with van der Waals surface area (Å²) in [5.41, 5.74) is 1.83. The SMILES string of the molecule is Cc1cc(=O)c(OCC(=O)N2CCN(c3ccccc3)CC2)cn1C. The van der Waals surface area contributed by atoms with Crippen molar-refractivity contribution in [2.75, 3.05) is 37.7 Å². The summed E-state index contributed by atoms with van der Waals surface area (Å²) in [7, 11) is 1.84. The number of carbonyl (C=O) groups excluding carboxylic acids is 1. The largest absolute Gasteiger partial charge is 0.478 e. The third kappa shape index (κ3) is 4.02. The van der Waals surface area contributed by atoms with Crippen LogP contribution in [-0.4, -0.2) is 48.2 Å². The predicted molar refractivity (Wildman–Crippen MR) is 97.2 cm³/mol. The number of para-hydroxylation sites is 1. The van der Waals surface area contributed by atoms with Crippen molar-refractivity contribution in [3.05, 3.63) is 58.5 Å². The lowest BCUT2D eigenvalue weighted by molar-refractivity contribution is -0.133. The highest BCUT2D eigenvalue weighted by Gasteiger charge is 2.21. The molecule has 0 aliphatic carbocycles. The maximum atomic E-state index is 12.4. The average Bonchev–Trinajstić information content (AvgIpc) is 2.64. The Morgan fingerprint density at radius 1 is 1.12 bits per heavy atom. The molecule has 132 valence electrons. The van der Waals surface area contributed by atoms with E-state index in [0.29, 0.717) is 13.1 Å². The summed E-state index contributed by atoms with van der Waals surface area (Å²) in [6, 6.07) is 11.7. The Morgan fingerprint density at radius 2 is 1.80 bits per heavy atom. The fraction of sp³-hybridized carbons (Fsp3) is 0.368. The Balaban J connectivity index is 1.53. The van der Waals surface area contributed by atoms with Gasteiger partial charge in [0.2, 0.25) is 5.43 Å². The minimum absolute atomic E-state index is 0.0876. The van der Waals surface area contributed by atoms with E-state index in [0.717, 1.165) is 18.8 Å². The molecule has 2 aromatic rings. The molecular weight excluding hydrogens is 318 g/mol. The van der Waals surface area contributed by atoms with Gasteiger partial charge < -0.3 is 19.1 Å². The molecule has 1 fully saturated rings. The minimum Gasteiger partial charge on any atom is -0.478 e. The van der Waals surface area contributed by atoms with Crippen LogP contribution in [0.4, 0.5) is 5.69 Å². The van der Waals surface area contributed by atoms with Gasteiger partial charge >= 0.3 is 0 Å². The standard InChI is InChI=1S/C19H23N3O3/c1-15-12-17(23)18(13-20(15)2)25-14-19(24)22-10-8-21(9-11-22)16-6-4-3-5-7-16/h3-7,12-13H,8-11,14H2,1-2H3. The number of pyridine rings is 1. The van der Waals surface area contributed by atoms with Gasteiger partial charge in [-0.05, 0) is 19.1 Å². The zero-order valence-corrected chi connectivity index (χ0v) is 14.6. The fourth-order valence-corrected chi connectivity index (χ4v) is 2.90. The first-order valence-corrected chi connectivity index (χ1v) is 8.42. The molecule has 6 nitrogen and oxygen atoms in total. The monoisotopic (exact) mass is 341 g/mol. The molecule has 1 saturated heterocycles. The van der Waals surface area contributed by atoms with E-state index in [4.69, 9.17) is 4.74 Å². The van der Waals surface area contributed by atoms with Crippen LogP contribution in [0, 0.1) is 6.92 Å². The second-order valence-electron chi connectivity index (χ2n) is 6.25. The zero-order valence-electron chi connectivity index (χ0n) is 14.6. The number of hydrogen-bond donors (Lipinski definition) is 0. The molecule has 1 aromatic carbocycles. The number of hydrogen-bond acceptors (Lipinski definition) is 4. The smallest absolute Gasteiger partial charge is 0.260 e. The Morgan fingerprint density at radius 3 is 2.48 bits per heavy atom. The number of benzene rings is 1. The van der Waals surface area contributed by atoms with Gasteiger partial charge in [-0.1, -0.05) is 18.2 Å². The minimum atomic E-state index is -0.197. The topological polar surface area (TPSA) is 54.8 Å². The maximum Gasteiger partial charge on any atom is 0.260 e. The molecule has 0 atom stereocenters. The van der Waals surface area contributed by atoms with Crippen LogP contribution in [0.1, 0.15) is 5.69 Å². The normalized spacial score (nSPS) is 14.5. The second kappa shape index (κ2) is 7.42. The first-order chi connectivity index (χ1) is 12.0. The fourth-order valence-electron chi connectivity index (χ4n) is 2.90. The number of carbonyl (C=O) groups is 1. The van der Waals surface area contributed by atoms with E-state index in [1.54, 1.807) is 15.7 Å². The van der Waals surface area contributed by atoms with E-state index in [-0.39, 0.29) is 23.7 Å². The molecule has 0 bridgehead atoms. The third-order valence-corrected chi connectivity index (χ3v) is 4.55. The van der Waals surface area contributed by atoms with Gasteiger partial charge in [0.25, 0.3) is 5.91 Å². The lowest BCUT2D eigenvalue weighted by Gasteiger charge is -2.36. The first kappa shape index (κ1) is 17.1. The van der Waals surface area contributed by atoms with Crippen LogP contribution >= 0.6 is 0 Å². The van der Waals surface area contributed by atoms with Crippen LogP contribution in [-0.2, 0) is 11.8 Å². The Hall–Kier alpha value is -2.76. The summed E-state index contributed by atoms with van der Waals surface area (Å²) < 4.78 is 7.27. The molecule has 1 amide bonds. The van der Waals surface area contributed by atoms with E-state index >= 15 is 0 Å². The van der Waals surface area contributed by atoms with Crippen molar-refractivity contribution in [1.29, 1.82) is 0 Å². The van der Waals surface area contributed by atoms with Gasteiger partial charge in [-0.15, -0.1) is 0 Å². The van der Waals surface area contributed by atoms with E-state index in [1.165, 1.54) is 11.8 Å². The summed E-state index contributed by atoms with van der Waals surface area (Å²) in [6.45, 7) is 4.64. The van der Waals surface area contributed by atoms with Gasteiger partial charge in [0, 0.05) is 56.9 Å². The summed E-state index contributed by atoms with van der Waals surface area (Å²) in [5, 5.41) is 0. The van der Waals surface area contributed by atoms with Crippen molar-refractivity contribution >= 4 is 11.6 Å². The third-order valence-electron chi connectivity index (χ3n) is 4.55. The highest BCUT2D eigenvalue weighted by molar-refractivity contribution is 5.78. The van der Waals surface area contributed by atoms with Gasteiger partial charge in [-0.3, -0.25) is 9.59 Å². The molecule has 1 aliphatic rings. The van der Waals surface area contributed by atoms with E-state index in [1.807, 2.05) is 32.2 Å². The molecule has 0 unspecified atom stereocenters. The number of aryl methyl sites for hydroxylation is 2. The number of anilines is 1. The molecule has 0 saturated carbocycles. The van der Waals surface area contributed by atoms with Gasteiger partial charge in [0.1, 0.15) is 0 Å². The van der Waals surface area contributed by atoms with Crippen molar-refractivity contribution in [3.8, 4) is 5.75 Å². The lowest BCUT2D eigenvalue weighted by atomic mass is 10.2. The second-order valence-corrected chi connectivity index (χ2v) is 6.25. The Kier molecular flexibility index (Phi) is 5.07. The quantitative estimate of drug-likeness (QED) is 0.844. The van der Waals surface area contributed by atoms with Crippen LogP contribution in [0.2, 0.25) is 0 Å². The predicted octanol–water partition coefficient (Wildman–Crippen LogP) is 1.42. The molecule has 1 aromatic heterocycles. The van der Waals surface area contributed by atoms with E-state index < -0.39 is 0 Å². The number of ether oxygens (including phenoxy) is 1. The van der Waals surface area contributed by atoms with E-state index in [9.17, 15) is 9.59 Å². The summed E-state index contributed by atoms with van der Waals surface area (Å²) in [6.07, 6.45) is 1.62. The highest BCUT2D eigenvalue weighted by atomic mass is 16.5. The maximum absolute atomic E-state index is 12.4. The van der Waals surface area contributed by atoms with Crippen LogP contribution in [0.15, 0.2) is 47.4 Å². The molecule has 0 N–H and O–H groups in total. The summed E-state index contributed by atoms with van der Waals surface area (Å²) >= 11 is 0. The van der Waals surface area contributed by atoms with E-state index in [2.05, 4.69) is 17.0 Å². The first-order valence-electron chi connectivity index (χ1n) is 8.42. The summed E-state index contributed by atoms with van der Waals surface area (Å²) in [5.74, 6) is 0.125. The van der Waals surface area contributed by atoms with Crippen molar-refractivity contribution in [1.82, 2.24) is 9.47 Å². The van der Waals surface area contributed by atoms with Crippen LogP contribution in [0.5, 0.6) is 5.75 Å². The van der Waals surface area contributed by atoms with Crippen molar-refractivity contribution in [3.63, 3.8) is 0 Å². The van der Waals surface area contributed by atoms with Gasteiger partial charge in [-0.2, -0.15) is 0 Å². The number of piperazine rings is 1. The molecule has 0 spiro atoms. The van der Waals surface area contributed by atoms with Crippen LogP contribution in [0.3, 0.4) is 0 Å². The van der Waals surface area contributed by atoms with Crippen molar-refractivity contribution in [2.45, 2.75) is 6.92 Å². The Bertz CT molecular complexity index is 793. The van der Waals surface area contributed by atoms with Gasteiger partial charge in [0.15, 0.2) is 12.4 Å². The van der Waals surface area contributed by atoms with Crippen molar-refractivity contribution < 1.29 is 9.53 Å². The molecule has 0 radical (unpaired) electrons. The van der Waals surface area contributed by atoms with Crippen LogP contribution < -0.4 is 15.1 Å². The summed E-state index contributed by atoms with van der Waals surface area (Å²) in [4.78, 5) is 28.3. The number of rotatable bonds is 4. The van der Waals surface area contributed by atoms with Crippen LogP contribution in [0.25, 0.3) is 0 Å². The molecule has 1 aliphatic heterocycles. The molecule has 3 rings (SSSR count). The number of aromatic nitrogens is 1. The molecule has 2 heterocycles. The highest BCUT2D eigenvalue weighted by Crippen LogP contribution is 2.15. The average molecular weight is 341 g/mol. The number of nitrogens with zero attached hydrogens (tertiary/aromatic N) is 3. The lowest BCUT2D eigenvalue weighted by Crippen LogP contribution is -2.50.